The number of aromatic hydroxyl groups is 2. The fourth-order valence-electron chi connectivity index (χ4n) is 7.51. The molecule has 0 fully saturated rings. The number of phenolic OH excluding ortho intramolecular Hbond substituents is 2. The van der Waals surface area contributed by atoms with Gasteiger partial charge in [-0.3, -0.25) is 0 Å². The zero-order valence-corrected chi connectivity index (χ0v) is 36.4. The van der Waals surface area contributed by atoms with E-state index < -0.39 is 0 Å². The highest BCUT2D eigenvalue weighted by atomic mass is 16.3. The lowest BCUT2D eigenvalue weighted by molar-refractivity contribution is 0.438. The van der Waals surface area contributed by atoms with Gasteiger partial charge in [0.25, 0.3) is 0 Å². The van der Waals surface area contributed by atoms with Gasteiger partial charge in [-0.05, 0) is 114 Å². The Hall–Kier alpha value is -5.28. The molecule has 0 saturated carbocycles. The highest BCUT2D eigenvalue weighted by Crippen LogP contribution is 2.42. The Morgan fingerprint density at radius 1 is 0.386 bits per heavy atom. The summed E-state index contributed by atoms with van der Waals surface area (Å²) in [6, 6.07) is 45.5. The van der Waals surface area contributed by atoms with Crippen molar-refractivity contribution in [3.05, 3.63) is 172 Å². The third-order valence-electron chi connectivity index (χ3n) is 11.1. The lowest BCUT2D eigenvalue weighted by Gasteiger charge is -2.28. The van der Waals surface area contributed by atoms with E-state index in [-0.39, 0.29) is 21.7 Å². The topological polar surface area (TPSA) is 43.7 Å². The number of hydrogen-bond donors (Lipinski definition) is 2. The first-order valence-corrected chi connectivity index (χ1v) is 20.5. The molecule has 0 radical (unpaired) electrons. The number of phenols is 2. The van der Waals surface area contributed by atoms with Gasteiger partial charge in [0, 0.05) is 29.9 Å². The van der Waals surface area contributed by atoms with Gasteiger partial charge in [-0.1, -0.05) is 174 Å². The van der Waals surface area contributed by atoms with Crippen molar-refractivity contribution in [2.75, 3.05) is 4.90 Å². The van der Waals surface area contributed by atoms with Crippen LogP contribution in [0.2, 0.25) is 0 Å². The van der Waals surface area contributed by atoms with E-state index in [0.29, 0.717) is 24.3 Å². The Bertz CT molecular complexity index is 2180. The van der Waals surface area contributed by atoms with Crippen LogP contribution in [0.25, 0.3) is 11.1 Å². The summed E-state index contributed by atoms with van der Waals surface area (Å²) in [6.45, 7) is 26.4. The standard InChI is InChI=1S/C54H63NO2/c1-51(2,3)42-32-40(49(56)47(34-42)53(7,8)9)30-36-18-24-44(25-19-36)55(46-28-22-39(23-29-46)38-16-14-13-15-17-38)45-26-20-37(21-27-45)31-41-33-43(52(4,5)6)35-48(50(41)57)54(10,11)12/h13-29,32-35,56-57H,30-31H2,1-12H3. The van der Waals surface area contributed by atoms with E-state index in [1.807, 2.05) is 6.07 Å². The first-order valence-electron chi connectivity index (χ1n) is 20.5. The lowest BCUT2D eigenvalue weighted by atomic mass is 9.78. The second-order valence-electron chi connectivity index (χ2n) is 20.0. The zero-order chi connectivity index (χ0) is 41.5. The molecule has 3 nitrogen and oxygen atoms in total. The SMILES string of the molecule is CC(C)(C)c1cc(Cc2ccc(N(c3ccc(Cc4cc(C(C)(C)C)cc(C(C)(C)C)c4O)cc3)c3ccc(-c4ccccc4)cc3)cc2)c(O)c(C(C)(C)C)c1. The Morgan fingerprint density at radius 3 is 1.05 bits per heavy atom. The molecule has 0 bridgehead atoms. The average molecular weight is 758 g/mol. The van der Waals surface area contributed by atoms with E-state index in [4.69, 9.17) is 0 Å². The summed E-state index contributed by atoms with van der Waals surface area (Å²) < 4.78 is 0. The van der Waals surface area contributed by atoms with Gasteiger partial charge >= 0.3 is 0 Å². The summed E-state index contributed by atoms with van der Waals surface area (Å²) in [5.41, 5.74) is 13.7. The normalized spacial score (nSPS) is 12.5. The monoisotopic (exact) mass is 757 g/mol. The van der Waals surface area contributed by atoms with Crippen LogP contribution < -0.4 is 4.90 Å². The second kappa shape index (κ2) is 15.6. The van der Waals surface area contributed by atoms with Crippen LogP contribution >= 0.6 is 0 Å². The van der Waals surface area contributed by atoms with Crippen LogP contribution in [0.1, 0.15) is 128 Å². The van der Waals surface area contributed by atoms with E-state index >= 15 is 0 Å². The fraction of sp³-hybridized carbons (Fsp3) is 0.333. The van der Waals surface area contributed by atoms with Crippen LogP contribution in [-0.4, -0.2) is 10.2 Å². The van der Waals surface area contributed by atoms with Gasteiger partial charge in [-0.2, -0.15) is 0 Å². The van der Waals surface area contributed by atoms with Crippen LogP contribution in [0.15, 0.2) is 127 Å². The molecule has 296 valence electrons. The molecule has 6 aromatic carbocycles. The van der Waals surface area contributed by atoms with Crippen molar-refractivity contribution in [1.29, 1.82) is 0 Å². The third kappa shape index (κ3) is 9.48. The summed E-state index contributed by atoms with van der Waals surface area (Å²) in [4.78, 5) is 2.30. The van der Waals surface area contributed by atoms with Crippen molar-refractivity contribution >= 4 is 17.1 Å². The van der Waals surface area contributed by atoms with Gasteiger partial charge in [0.1, 0.15) is 11.5 Å². The van der Waals surface area contributed by atoms with Crippen LogP contribution in [0.4, 0.5) is 17.1 Å². The zero-order valence-electron chi connectivity index (χ0n) is 36.4. The lowest BCUT2D eigenvalue weighted by Crippen LogP contribution is -2.17. The fourth-order valence-corrected chi connectivity index (χ4v) is 7.51. The highest BCUT2D eigenvalue weighted by Gasteiger charge is 2.27. The molecule has 57 heavy (non-hydrogen) atoms. The maximum atomic E-state index is 11.5. The smallest absolute Gasteiger partial charge is 0.122 e. The molecule has 0 aliphatic heterocycles. The van der Waals surface area contributed by atoms with E-state index in [1.54, 1.807) is 0 Å². The first-order chi connectivity index (χ1) is 26.6. The number of rotatable bonds is 8. The van der Waals surface area contributed by atoms with Crippen molar-refractivity contribution in [2.45, 2.75) is 118 Å². The van der Waals surface area contributed by atoms with E-state index in [0.717, 1.165) is 50.4 Å². The van der Waals surface area contributed by atoms with Crippen molar-refractivity contribution in [1.82, 2.24) is 0 Å². The van der Waals surface area contributed by atoms with Gasteiger partial charge in [0.2, 0.25) is 0 Å². The van der Waals surface area contributed by atoms with E-state index in [1.165, 1.54) is 22.3 Å². The minimum atomic E-state index is -0.178. The molecule has 0 unspecified atom stereocenters. The van der Waals surface area contributed by atoms with Gasteiger partial charge < -0.3 is 15.1 Å². The molecule has 0 aliphatic carbocycles. The Kier molecular flexibility index (Phi) is 11.3. The average Bonchev–Trinajstić information content (AvgIpc) is 3.13. The van der Waals surface area contributed by atoms with Gasteiger partial charge in [-0.25, -0.2) is 0 Å². The molecule has 2 N–H and O–H groups in total. The maximum absolute atomic E-state index is 11.5. The molecular formula is C54H63NO2. The van der Waals surface area contributed by atoms with Crippen molar-refractivity contribution in [3.8, 4) is 22.6 Å². The Labute approximate surface area is 343 Å². The Morgan fingerprint density at radius 2 is 0.719 bits per heavy atom. The number of anilines is 3. The molecule has 0 heterocycles. The van der Waals surface area contributed by atoms with Crippen LogP contribution in [0, 0.1) is 0 Å². The molecule has 0 saturated heterocycles. The molecule has 0 atom stereocenters. The number of benzene rings is 6. The quantitative estimate of drug-likeness (QED) is 0.162. The van der Waals surface area contributed by atoms with Gasteiger partial charge in [0.05, 0.1) is 0 Å². The van der Waals surface area contributed by atoms with Crippen LogP contribution in [-0.2, 0) is 34.5 Å². The molecule has 6 rings (SSSR count). The summed E-state index contributed by atoms with van der Waals surface area (Å²) in [5, 5.41) is 23.1. The number of hydrogen-bond acceptors (Lipinski definition) is 3. The number of nitrogens with zero attached hydrogens (tertiary/aromatic N) is 1. The summed E-state index contributed by atoms with van der Waals surface area (Å²) in [5.74, 6) is 0.792. The third-order valence-corrected chi connectivity index (χ3v) is 11.1. The molecule has 0 aromatic heterocycles. The first kappa shape index (κ1) is 41.4. The largest absolute Gasteiger partial charge is 0.507 e. The summed E-state index contributed by atoms with van der Waals surface area (Å²) in [6.07, 6.45) is 1.28. The van der Waals surface area contributed by atoms with Gasteiger partial charge in [0.15, 0.2) is 0 Å². The van der Waals surface area contributed by atoms with Crippen molar-refractivity contribution in [3.63, 3.8) is 0 Å². The predicted octanol–water partition coefficient (Wildman–Crippen LogP) is 14.6. The minimum absolute atomic E-state index is 0.0371. The summed E-state index contributed by atoms with van der Waals surface area (Å²) in [7, 11) is 0. The minimum Gasteiger partial charge on any atom is -0.507 e. The highest BCUT2D eigenvalue weighted by molar-refractivity contribution is 5.78. The van der Waals surface area contributed by atoms with Crippen molar-refractivity contribution in [2.24, 2.45) is 0 Å². The van der Waals surface area contributed by atoms with Crippen molar-refractivity contribution < 1.29 is 10.2 Å². The van der Waals surface area contributed by atoms with Gasteiger partial charge in [-0.15, -0.1) is 0 Å². The van der Waals surface area contributed by atoms with E-state index in [2.05, 4.69) is 209 Å². The predicted molar refractivity (Wildman–Crippen MR) is 243 cm³/mol. The van der Waals surface area contributed by atoms with Crippen LogP contribution in [0.3, 0.4) is 0 Å². The molecule has 6 aromatic rings. The van der Waals surface area contributed by atoms with E-state index in [9.17, 15) is 10.2 Å². The second-order valence-corrected chi connectivity index (χ2v) is 20.0. The summed E-state index contributed by atoms with van der Waals surface area (Å²) >= 11 is 0. The molecule has 0 aliphatic rings. The molecule has 3 heteroatoms. The maximum Gasteiger partial charge on any atom is 0.122 e. The molecular weight excluding hydrogens is 695 g/mol. The molecule has 0 amide bonds. The molecule has 0 spiro atoms. The Balaban J connectivity index is 1.36. The van der Waals surface area contributed by atoms with Crippen LogP contribution in [0.5, 0.6) is 11.5 Å².